The van der Waals surface area contributed by atoms with Gasteiger partial charge in [0.15, 0.2) is 5.88 Å². The van der Waals surface area contributed by atoms with E-state index < -0.39 is 16.3 Å². The number of thioether (sulfide) groups is 1. The number of nitrogens with one attached hydrogen (secondary N) is 1. The van der Waals surface area contributed by atoms with E-state index in [2.05, 4.69) is 11.9 Å². The smallest absolute Gasteiger partial charge is 0.242 e. The number of carbonyl (C=O) groups excluding carboxylic acids is 1. The number of rotatable bonds is 11. The first-order chi connectivity index (χ1) is 13.0. The summed E-state index contributed by atoms with van der Waals surface area (Å²) in [5, 5.41) is 13.7. The number of aliphatic hydroxyl groups is 1. The molecule has 0 aliphatic carbocycles. The van der Waals surface area contributed by atoms with Crippen LogP contribution in [-0.2, 0) is 14.3 Å². The van der Waals surface area contributed by atoms with E-state index in [4.69, 9.17) is 9.47 Å². The molecule has 0 spiro atoms. The summed E-state index contributed by atoms with van der Waals surface area (Å²) >= 11 is 1.69. The van der Waals surface area contributed by atoms with Crippen molar-refractivity contribution in [2.75, 3.05) is 19.8 Å². The molecule has 1 aliphatic heterocycles. The zero-order chi connectivity index (χ0) is 21.4. The molecule has 0 aromatic heterocycles. The van der Waals surface area contributed by atoms with Gasteiger partial charge in [-0.2, -0.15) is 0 Å². The summed E-state index contributed by atoms with van der Waals surface area (Å²) in [6, 6.07) is 0. The molecule has 0 radical (unpaired) electrons. The fourth-order valence-corrected chi connectivity index (χ4v) is 4.34. The first kappa shape index (κ1) is 25.1. The molecule has 0 saturated carbocycles. The van der Waals surface area contributed by atoms with Gasteiger partial charge in [0, 0.05) is 30.0 Å². The number of aliphatic hydroxyl groups excluding tert-OH is 1. The maximum atomic E-state index is 13.0. The minimum Gasteiger partial charge on any atom is -0.479 e. The molecule has 1 rings (SSSR count). The first-order valence-corrected chi connectivity index (χ1v) is 11.2. The van der Waals surface area contributed by atoms with Crippen molar-refractivity contribution in [2.45, 2.75) is 83.3 Å². The Balaban J connectivity index is 2.88. The van der Waals surface area contributed by atoms with Crippen molar-refractivity contribution in [2.24, 2.45) is 5.41 Å². The van der Waals surface area contributed by atoms with Crippen molar-refractivity contribution >= 4 is 17.7 Å². The van der Waals surface area contributed by atoms with Crippen LogP contribution in [0.5, 0.6) is 0 Å². The van der Waals surface area contributed by atoms with Crippen molar-refractivity contribution in [3.05, 3.63) is 24.1 Å². The summed E-state index contributed by atoms with van der Waals surface area (Å²) in [6.07, 6.45) is 4.64. The van der Waals surface area contributed by atoms with Gasteiger partial charge in [-0.15, -0.1) is 11.8 Å². The van der Waals surface area contributed by atoms with Gasteiger partial charge in [-0.25, -0.2) is 0 Å². The van der Waals surface area contributed by atoms with Crippen LogP contribution in [0.4, 0.5) is 0 Å². The van der Waals surface area contributed by atoms with Crippen LogP contribution >= 0.6 is 11.8 Å². The molecule has 0 aromatic carbocycles. The Hall–Kier alpha value is -0.980. The third-order valence-electron chi connectivity index (χ3n) is 5.23. The number of amides is 1. The fraction of sp³-hybridized carbons (Fsp3) is 0.773. The van der Waals surface area contributed by atoms with Crippen molar-refractivity contribution < 1.29 is 19.4 Å². The highest BCUT2D eigenvalue weighted by Crippen LogP contribution is 2.35. The molecular weight excluding hydrogens is 374 g/mol. The molecule has 6 heteroatoms. The maximum absolute atomic E-state index is 13.0. The number of ether oxygens (including phenoxy) is 2. The Morgan fingerprint density at radius 1 is 1.32 bits per heavy atom. The van der Waals surface area contributed by atoms with Crippen LogP contribution in [0.1, 0.15) is 67.2 Å². The van der Waals surface area contributed by atoms with E-state index in [0.29, 0.717) is 24.2 Å². The van der Waals surface area contributed by atoms with Crippen molar-refractivity contribution in [3.8, 4) is 0 Å². The van der Waals surface area contributed by atoms with E-state index in [1.54, 1.807) is 17.8 Å². The topological polar surface area (TPSA) is 67.8 Å². The fourth-order valence-electron chi connectivity index (χ4n) is 2.92. The maximum Gasteiger partial charge on any atom is 0.242 e. The molecule has 1 unspecified atom stereocenters. The van der Waals surface area contributed by atoms with E-state index in [-0.39, 0.29) is 5.91 Å². The van der Waals surface area contributed by atoms with Gasteiger partial charge in [-0.3, -0.25) is 10.1 Å². The third kappa shape index (κ3) is 7.45. The molecule has 1 amide bonds. The molecule has 1 aliphatic rings. The molecule has 0 bridgehead atoms. The molecule has 162 valence electrons. The van der Waals surface area contributed by atoms with Crippen molar-refractivity contribution in [1.29, 1.82) is 0 Å². The van der Waals surface area contributed by atoms with E-state index in [1.165, 1.54) is 0 Å². The Morgan fingerprint density at radius 2 is 1.93 bits per heavy atom. The zero-order valence-corrected chi connectivity index (χ0v) is 19.3. The van der Waals surface area contributed by atoms with Crippen LogP contribution in [0.15, 0.2) is 24.1 Å². The highest BCUT2D eigenvalue weighted by atomic mass is 32.2. The predicted molar refractivity (Wildman–Crippen MR) is 117 cm³/mol. The van der Waals surface area contributed by atoms with Crippen LogP contribution in [-0.4, -0.2) is 46.9 Å². The van der Waals surface area contributed by atoms with E-state index in [9.17, 15) is 9.90 Å². The third-order valence-corrected chi connectivity index (χ3v) is 6.81. The second-order valence-electron chi connectivity index (χ2n) is 8.42. The number of hydrogen-bond acceptors (Lipinski definition) is 5. The Kier molecular flexibility index (Phi) is 10.1. The largest absolute Gasteiger partial charge is 0.479 e. The van der Waals surface area contributed by atoms with Gasteiger partial charge in [-0.1, -0.05) is 34.3 Å². The molecule has 1 atom stereocenters. The van der Waals surface area contributed by atoms with Gasteiger partial charge in [0.1, 0.15) is 0 Å². The summed E-state index contributed by atoms with van der Waals surface area (Å²) in [4.78, 5) is 13.0. The average Bonchev–Trinajstić information content (AvgIpc) is 2.65. The molecule has 5 nitrogen and oxygen atoms in total. The Morgan fingerprint density at radius 3 is 2.46 bits per heavy atom. The van der Waals surface area contributed by atoms with Gasteiger partial charge in [0.2, 0.25) is 5.91 Å². The van der Waals surface area contributed by atoms with E-state index in [1.807, 2.05) is 41.5 Å². The van der Waals surface area contributed by atoms with Gasteiger partial charge < -0.3 is 14.6 Å². The molecule has 0 aromatic rings. The molecule has 1 fully saturated rings. The minimum atomic E-state index is -0.587. The summed E-state index contributed by atoms with van der Waals surface area (Å²) in [5.41, 5.74) is 0.218. The monoisotopic (exact) mass is 413 g/mol. The highest BCUT2D eigenvalue weighted by molar-refractivity contribution is 8.01. The molecule has 1 heterocycles. The Bertz CT molecular complexity index is 551. The van der Waals surface area contributed by atoms with Gasteiger partial charge >= 0.3 is 0 Å². The van der Waals surface area contributed by atoms with Gasteiger partial charge in [0.05, 0.1) is 17.5 Å². The van der Waals surface area contributed by atoms with Gasteiger partial charge in [0.25, 0.3) is 0 Å². The average molecular weight is 414 g/mol. The summed E-state index contributed by atoms with van der Waals surface area (Å²) in [6.45, 7) is 17.9. The molecule has 2 N–H and O–H groups in total. The molecule has 1 saturated heterocycles. The van der Waals surface area contributed by atoms with Crippen LogP contribution in [0.25, 0.3) is 0 Å². The first-order valence-electron chi connectivity index (χ1n) is 10.3. The van der Waals surface area contributed by atoms with E-state index in [0.717, 1.165) is 38.0 Å². The molecular formula is C22H39NO4S. The summed E-state index contributed by atoms with van der Waals surface area (Å²) in [5.74, 6) is 0.307. The SMILES string of the molecule is C=C(/C=C(/NC(=O)C(C)(C)SC1CCOCC1)OCCC)C(C)(C)C(O)CC. The quantitative estimate of drug-likeness (QED) is 0.388. The van der Waals surface area contributed by atoms with Crippen LogP contribution < -0.4 is 5.32 Å². The lowest BCUT2D eigenvalue weighted by Gasteiger charge is -2.32. The standard InChI is InChI=1S/C22H39NO4S/c1-8-12-27-19(15-16(3)21(4,5)18(24)9-2)23-20(25)22(6,7)28-17-10-13-26-14-11-17/h15,17-18,24H,3,8-14H2,1-2,4-7H3,(H,23,25)/b19-15-. The van der Waals surface area contributed by atoms with E-state index >= 15 is 0 Å². The number of allylic oxidation sites excluding steroid dienone is 1. The summed E-state index contributed by atoms with van der Waals surface area (Å²) < 4.78 is 10.6. The lowest BCUT2D eigenvalue weighted by Crippen LogP contribution is -2.42. The van der Waals surface area contributed by atoms with Crippen LogP contribution in [0.3, 0.4) is 0 Å². The minimum absolute atomic E-state index is 0.0898. The normalized spacial score (nSPS) is 17.9. The summed E-state index contributed by atoms with van der Waals surface area (Å²) in [7, 11) is 0. The second kappa shape index (κ2) is 11.3. The van der Waals surface area contributed by atoms with Gasteiger partial charge in [-0.05, 0) is 45.1 Å². The zero-order valence-electron chi connectivity index (χ0n) is 18.5. The molecule has 28 heavy (non-hydrogen) atoms. The van der Waals surface area contributed by atoms with Crippen molar-refractivity contribution in [1.82, 2.24) is 5.32 Å². The lowest BCUT2D eigenvalue weighted by molar-refractivity contribution is -0.122. The van der Waals surface area contributed by atoms with Crippen LogP contribution in [0, 0.1) is 5.41 Å². The van der Waals surface area contributed by atoms with Crippen molar-refractivity contribution in [3.63, 3.8) is 0 Å². The highest BCUT2D eigenvalue weighted by Gasteiger charge is 2.34. The predicted octanol–water partition coefficient (Wildman–Crippen LogP) is 4.41. The second-order valence-corrected chi connectivity index (χ2v) is 10.3. The van der Waals surface area contributed by atoms with Crippen LogP contribution in [0.2, 0.25) is 0 Å². The Labute approximate surface area is 175 Å². The lowest BCUT2D eigenvalue weighted by atomic mass is 9.78. The number of carbonyl (C=O) groups is 1. The number of hydrogen-bond donors (Lipinski definition) is 2.